The average molecular weight is 540 g/mol. The first-order valence-electron chi connectivity index (χ1n) is 13.4. The predicted octanol–water partition coefficient (Wildman–Crippen LogP) is 4.32. The van der Waals surface area contributed by atoms with Gasteiger partial charge in [0.1, 0.15) is 12.6 Å². The molecular weight excluding hydrogens is 506 g/mol. The summed E-state index contributed by atoms with van der Waals surface area (Å²) in [7, 11) is 0. The van der Waals surface area contributed by atoms with E-state index in [0.29, 0.717) is 13.1 Å². The maximum absolute atomic E-state index is 13.3. The van der Waals surface area contributed by atoms with Crippen LogP contribution in [0.25, 0.3) is 11.1 Å². The zero-order valence-electron chi connectivity index (χ0n) is 22.2. The number of aliphatic carboxylic acids is 1. The van der Waals surface area contributed by atoms with Gasteiger partial charge in [-0.05, 0) is 40.7 Å². The Kier molecular flexibility index (Phi) is 7.98. The summed E-state index contributed by atoms with van der Waals surface area (Å²) < 4.78 is 5.60. The van der Waals surface area contributed by atoms with Crippen LogP contribution in [-0.4, -0.2) is 59.3 Å². The maximum Gasteiger partial charge on any atom is 0.407 e. The predicted molar refractivity (Wildman–Crippen MR) is 152 cm³/mol. The first kappa shape index (κ1) is 27.1. The lowest BCUT2D eigenvalue weighted by atomic mass is 9.97. The second kappa shape index (κ2) is 11.8. The van der Waals surface area contributed by atoms with Crippen molar-refractivity contribution in [3.8, 4) is 11.1 Å². The summed E-state index contributed by atoms with van der Waals surface area (Å²) in [4.78, 5) is 40.5. The van der Waals surface area contributed by atoms with Gasteiger partial charge in [0.05, 0.1) is 0 Å². The summed E-state index contributed by atoms with van der Waals surface area (Å²) in [6.07, 6.45) is 1.15. The maximum atomic E-state index is 13.3. The number of likely N-dealkylation sites (tertiary alicyclic amines) is 1. The molecule has 1 aliphatic heterocycles. The van der Waals surface area contributed by atoms with Crippen molar-refractivity contribution in [1.29, 1.82) is 0 Å². The van der Waals surface area contributed by atoms with Crippen molar-refractivity contribution in [1.82, 2.24) is 15.5 Å². The summed E-state index contributed by atoms with van der Waals surface area (Å²) in [5.74, 6) is -1.80. The van der Waals surface area contributed by atoms with Crippen LogP contribution in [0.2, 0.25) is 0 Å². The lowest BCUT2D eigenvalue weighted by Crippen LogP contribution is -2.60. The van der Waals surface area contributed by atoms with Gasteiger partial charge in [0, 0.05) is 25.6 Å². The zero-order chi connectivity index (χ0) is 28.1. The lowest BCUT2D eigenvalue weighted by molar-refractivity contribution is -0.147. The molecule has 0 radical (unpaired) electrons. The number of carboxylic acid groups (broad SMARTS) is 1. The van der Waals surface area contributed by atoms with Crippen LogP contribution in [0.15, 0.2) is 91.5 Å². The van der Waals surface area contributed by atoms with Gasteiger partial charge in [-0.1, -0.05) is 84.9 Å². The standard InChI is InChI=1S/C32H33N3O5/c1-2-10-28(29(36)34-32(30(37)38)17-18-35(21-32)19-22-11-4-3-5-12-22)33-31(39)40-20-27-25-15-8-6-13-23(25)24-14-7-9-16-26(24)27/h2-9,11-16,27-28H,1,10,17-21H2,(H,33,39)(H,34,36)(H,37,38). The largest absolute Gasteiger partial charge is 0.479 e. The van der Waals surface area contributed by atoms with Gasteiger partial charge in [0.2, 0.25) is 5.91 Å². The van der Waals surface area contributed by atoms with Gasteiger partial charge in [-0.3, -0.25) is 9.69 Å². The van der Waals surface area contributed by atoms with Crippen molar-refractivity contribution < 1.29 is 24.2 Å². The summed E-state index contributed by atoms with van der Waals surface area (Å²) in [6, 6.07) is 24.8. The first-order valence-corrected chi connectivity index (χ1v) is 13.4. The van der Waals surface area contributed by atoms with Crippen LogP contribution < -0.4 is 10.6 Å². The third kappa shape index (κ3) is 5.62. The highest BCUT2D eigenvalue weighted by Gasteiger charge is 2.47. The van der Waals surface area contributed by atoms with E-state index in [2.05, 4.69) is 29.3 Å². The highest BCUT2D eigenvalue weighted by atomic mass is 16.5. The SMILES string of the molecule is C=CCC(NC(=O)OCC1c2ccccc2-c2ccccc21)C(=O)NC1(C(=O)O)CCN(Cc2ccccc2)C1. The molecule has 8 nitrogen and oxygen atoms in total. The number of hydrogen-bond donors (Lipinski definition) is 3. The minimum Gasteiger partial charge on any atom is -0.479 e. The number of fused-ring (bicyclic) bond motifs is 3. The number of ether oxygens (including phenoxy) is 1. The number of benzene rings is 3. The van der Waals surface area contributed by atoms with Crippen molar-refractivity contribution in [3.05, 3.63) is 108 Å². The summed E-state index contributed by atoms with van der Waals surface area (Å²) >= 11 is 0. The second-order valence-corrected chi connectivity index (χ2v) is 10.4. The molecule has 40 heavy (non-hydrogen) atoms. The molecule has 0 aromatic heterocycles. The van der Waals surface area contributed by atoms with E-state index in [1.807, 2.05) is 71.6 Å². The molecule has 3 aromatic rings. The van der Waals surface area contributed by atoms with Crippen molar-refractivity contribution in [3.63, 3.8) is 0 Å². The van der Waals surface area contributed by atoms with Gasteiger partial charge in [-0.2, -0.15) is 0 Å². The fourth-order valence-electron chi connectivity index (χ4n) is 5.70. The van der Waals surface area contributed by atoms with Gasteiger partial charge in [-0.25, -0.2) is 9.59 Å². The number of carbonyl (C=O) groups is 3. The Labute approximate surface area is 233 Å². The Morgan fingerprint density at radius 1 is 1.00 bits per heavy atom. The van der Waals surface area contributed by atoms with Crippen LogP contribution in [0.4, 0.5) is 4.79 Å². The van der Waals surface area contributed by atoms with E-state index in [1.165, 1.54) is 6.08 Å². The highest BCUT2D eigenvalue weighted by Crippen LogP contribution is 2.44. The fraction of sp³-hybridized carbons (Fsp3) is 0.281. The number of amides is 2. The van der Waals surface area contributed by atoms with E-state index in [0.717, 1.165) is 27.8 Å². The molecule has 0 spiro atoms. The molecule has 2 amide bonds. The van der Waals surface area contributed by atoms with Crippen LogP contribution in [0.3, 0.4) is 0 Å². The van der Waals surface area contributed by atoms with E-state index in [1.54, 1.807) is 0 Å². The van der Waals surface area contributed by atoms with E-state index in [9.17, 15) is 19.5 Å². The van der Waals surface area contributed by atoms with Gasteiger partial charge in [0.15, 0.2) is 5.54 Å². The molecule has 0 saturated carbocycles. The summed E-state index contributed by atoms with van der Waals surface area (Å²) in [5.41, 5.74) is 4.02. The van der Waals surface area contributed by atoms with E-state index in [4.69, 9.17) is 4.74 Å². The molecule has 206 valence electrons. The number of carbonyl (C=O) groups excluding carboxylic acids is 2. The molecule has 8 heteroatoms. The Morgan fingerprint density at radius 3 is 2.25 bits per heavy atom. The third-order valence-electron chi connectivity index (χ3n) is 7.72. The molecule has 5 rings (SSSR count). The molecule has 2 aliphatic rings. The zero-order valence-corrected chi connectivity index (χ0v) is 22.2. The van der Waals surface area contributed by atoms with Crippen molar-refractivity contribution >= 4 is 18.0 Å². The van der Waals surface area contributed by atoms with Gasteiger partial charge in [-0.15, -0.1) is 6.58 Å². The molecular formula is C32H33N3O5. The minimum absolute atomic E-state index is 0.107. The smallest absolute Gasteiger partial charge is 0.407 e. The van der Waals surface area contributed by atoms with E-state index >= 15 is 0 Å². The van der Waals surface area contributed by atoms with Gasteiger partial charge in [0.25, 0.3) is 0 Å². The summed E-state index contributed by atoms with van der Waals surface area (Å²) in [6.45, 7) is 5.07. The fourth-order valence-corrected chi connectivity index (χ4v) is 5.70. The third-order valence-corrected chi connectivity index (χ3v) is 7.72. The molecule has 1 saturated heterocycles. The van der Waals surface area contributed by atoms with Crippen molar-refractivity contribution in [2.75, 3.05) is 19.7 Å². The first-order chi connectivity index (χ1) is 19.4. The highest BCUT2D eigenvalue weighted by molar-refractivity contribution is 5.92. The van der Waals surface area contributed by atoms with Crippen LogP contribution >= 0.6 is 0 Å². The molecule has 1 heterocycles. The number of carboxylic acids is 1. The molecule has 1 fully saturated rings. The number of alkyl carbamates (subject to hydrolysis) is 1. The topological polar surface area (TPSA) is 108 Å². The molecule has 3 aromatic carbocycles. The number of nitrogens with one attached hydrogen (secondary N) is 2. The normalized spacial score (nSPS) is 18.8. The number of nitrogens with zero attached hydrogens (tertiary/aromatic N) is 1. The second-order valence-electron chi connectivity index (χ2n) is 10.4. The minimum atomic E-state index is -1.45. The molecule has 2 unspecified atom stereocenters. The monoisotopic (exact) mass is 539 g/mol. The van der Waals surface area contributed by atoms with Crippen LogP contribution in [0.1, 0.15) is 35.4 Å². The number of rotatable bonds is 10. The molecule has 3 N–H and O–H groups in total. The van der Waals surface area contributed by atoms with Crippen LogP contribution in [-0.2, 0) is 20.9 Å². The Bertz CT molecular complexity index is 1360. The summed E-state index contributed by atoms with van der Waals surface area (Å²) in [5, 5.41) is 15.4. The number of hydrogen-bond acceptors (Lipinski definition) is 5. The Hall–Kier alpha value is -4.43. The molecule has 0 bridgehead atoms. The Morgan fingerprint density at radius 2 is 1.62 bits per heavy atom. The van der Waals surface area contributed by atoms with Crippen molar-refractivity contribution in [2.45, 2.75) is 36.9 Å². The van der Waals surface area contributed by atoms with Gasteiger partial charge >= 0.3 is 12.1 Å². The van der Waals surface area contributed by atoms with Gasteiger partial charge < -0.3 is 20.5 Å². The average Bonchev–Trinajstić information content (AvgIpc) is 3.51. The molecule has 2 atom stereocenters. The molecule has 1 aliphatic carbocycles. The van der Waals surface area contributed by atoms with E-state index < -0.39 is 29.6 Å². The van der Waals surface area contributed by atoms with Crippen LogP contribution in [0, 0.1) is 0 Å². The Balaban J connectivity index is 1.22. The van der Waals surface area contributed by atoms with E-state index in [-0.39, 0.29) is 31.9 Å². The lowest BCUT2D eigenvalue weighted by Gasteiger charge is -2.28. The van der Waals surface area contributed by atoms with Crippen LogP contribution in [0.5, 0.6) is 0 Å². The van der Waals surface area contributed by atoms with Crippen molar-refractivity contribution in [2.24, 2.45) is 0 Å². The quantitative estimate of drug-likeness (QED) is 0.332.